The van der Waals surface area contributed by atoms with Gasteiger partial charge in [-0.1, -0.05) is 0 Å². The van der Waals surface area contributed by atoms with Crippen LogP contribution in [0, 0.1) is 6.92 Å². The van der Waals surface area contributed by atoms with Crippen molar-refractivity contribution in [1.29, 1.82) is 0 Å². The Bertz CT molecular complexity index is 428. The van der Waals surface area contributed by atoms with Crippen molar-refractivity contribution in [2.45, 2.75) is 19.6 Å². The first kappa shape index (κ1) is 8.96. The Balaban J connectivity index is 2.50. The molecular formula is C9H13N5. The molecule has 5 heteroatoms. The van der Waals surface area contributed by atoms with Gasteiger partial charge in [-0.3, -0.25) is 5.73 Å². The van der Waals surface area contributed by atoms with Gasteiger partial charge in [-0.25, -0.2) is 0 Å². The Morgan fingerprint density at radius 2 is 2.14 bits per heavy atom. The average molecular weight is 191 g/mol. The predicted molar refractivity (Wildman–Crippen MR) is 54.4 cm³/mol. The lowest BCUT2D eigenvalue weighted by molar-refractivity contribution is 0.394. The molecule has 0 radical (unpaired) electrons. The molecule has 2 heterocycles. The zero-order valence-corrected chi connectivity index (χ0v) is 8.23. The highest BCUT2D eigenvalue weighted by molar-refractivity contribution is 5.39. The second kappa shape index (κ2) is 2.68. The van der Waals surface area contributed by atoms with Crippen LogP contribution < -0.4 is 11.5 Å². The molecule has 1 aliphatic heterocycles. The van der Waals surface area contributed by atoms with E-state index in [1.165, 1.54) is 0 Å². The van der Waals surface area contributed by atoms with Gasteiger partial charge in [-0.2, -0.15) is 5.11 Å². The quantitative estimate of drug-likeness (QED) is 0.701. The number of hydrogen-bond acceptors (Lipinski definition) is 4. The first-order valence-electron chi connectivity index (χ1n) is 4.37. The zero-order chi connectivity index (χ0) is 10.3. The topological polar surface area (TPSA) is 81.7 Å². The molecule has 5 nitrogen and oxygen atoms in total. The summed E-state index contributed by atoms with van der Waals surface area (Å²) in [6, 6.07) is 1.85. The van der Waals surface area contributed by atoms with Gasteiger partial charge in [-0.15, -0.1) is 5.11 Å². The number of hydrogen-bond donors (Lipinski definition) is 2. The predicted octanol–water partition coefficient (Wildman–Crippen LogP) is 1.32. The number of rotatable bonds is 1. The Kier molecular flexibility index (Phi) is 1.72. The molecule has 1 aliphatic rings. The van der Waals surface area contributed by atoms with Gasteiger partial charge in [0.2, 0.25) is 5.79 Å². The van der Waals surface area contributed by atoms with Gasteiger partial charge < -0.3 is 10.3 Å². The van der Waals surface area contributed by atoms with Crippen molar-refractivity contribution in [2.24, 2.45) is 16.0 Å². The van der Waals surface area contributed by atoms with E-state index >= 15 is 0 Å². The first-order valence-corrected chi connectivity index (χ1v) is 4.37. The van der Waals surface area contributed by atoms with Crippen molar-refractivity contribution in [3.05, 3.63) is 29.7 Å². The Hall–Kier alpha value is -1.62. The minimum atomic E-state index is -0.897. The third-order valence-corrected chi connectivity index (χ3v) is 2.21. The molecular weight excluding hydrogens is 178 g/mol. The maximum atomic E-state index is 6.06. The second-order valence-corrected chi connectivity index (χ2v) is 3.55. The molecule has 1 unspecified atom stereocenters. The average Bonchev–Trinajstić information content (AvgIpc) is 2.57. The van der Waals surface area contributed by atoms with Gasteiger partial charge in [0.05, 0.1) is 5.70 Å². The smallest absolute Gasteiger partial charge is 0.230 e. The van der Waals surface area contributed by atoms with Crippen LogP contribution in [-0.4, -0.2) is 4.57 Å². The van der Waals surface area contributed by atoms with Crippen LogP contribution in [0.3, 0.4) is 0 Å². The van der Waals surface area contributed by atoms with Crippen LogP contribution in [-0.2, 0) is 5.79 Å². The summed E-state index contributed by atoms with van der Waals surface area (Å²) >= 11 is 0. The molecule has 0 saturated heterocycles. The fraction of sp³-hybridized carbons (Fsp3) is 0.333. The van der Waals surface area contributed by atoms with Crippen LogP contribution >= 0.6 is 0 Å². The van der Waals surface area contributed by atoms with Gasteiger partial charge in [0.1, 0.15) is 0 Å². The highest BCUT2D eigenvalue weighted by atomic mass is 15.4. The van der Waals surface area contributed by atoms with Crippen LogP contribution in [0.25, 0.3) is 0 Å². The molecule has 0 aromatic carbocycles. The molecule has 1 atom stereocenters. The highest BCUT2D eigenvalue weighted by Gasteiger charge is 2.29. The fourth-order valence-corrected chi connectivity index (χ4v) is 1.63. The van der Waals surface area contributed by atoms with E-state index in [2.05, 4.69) is 10.2 Å². The molecule has 0 spiro atoms. The summed E-state index contributed by atoms with van der Waals surface area (Å²) in [5.41, 5.74) is 14.2. The van der Waals surface area contributed by atoms with Crippen molar-refractivity contribution in [3.63, 3.8) is 0 Å². The first-order chi connectivity index (χ1) is 6.51. The Morgan fingerprint density at radius 3 is 2.57 bits per heavy atom. The number of allylic oxidation sites excluding steroid dienone is 1. The molecule has 2 rings (SSSR count). The van der Waals surface area contributed by atoms with Crippen LogP contribution in [0.4, 0.5) is 5.69 Å². The summed E-state index contributed by atoms with van der Waals surface area (Å²) in [5.74, 6) is -0.897. The fourth-order valence-electron chi connectivity index (χ4n) is 1.63. The standard InChI is InChI=1S/C9H13N5/c1-6-4-9(11,13-12-6)14-5-8(10)3-7(14)2/h3-5H,10-11H2,1-2H3. The van der Waals surface area contributed by atoms with E-state index in [0.717, 1.165) is 11.4 Å². The maximum Gasteiger partial charge on any atom is 0.230 e. The molecule has 0 amide bonds. The van der Waals surface area contributed by atoms with Crippen molar-refractivity contribution in [1.82, 2.24) is 4.57 Å². The largest absolute Gasteiger partial charge is 0.397 e. The lowest BCUT2D eigenvalue weighted by Gasteiger charge is -2.20. The van der Waals surface area contributed by atoms with E-state index in [1.54, 1.807) is 12.3 Å². The Labute approximate surface area is 82.1 Å². The number of nitrogens with two attached hydrogens (primary N) is 2. The van der Waals surface area contributed by atoms with Crippen molar-refractivity contribution < 1.29 is 0 Å². The molecule has 0 saturated carbocycles. The van der Waals surface area contributed by atoms with Gasteiger partial charge in [0, 0.05) is 23.7 Å². The summed E-state index contributed by atoms with van der Waals surface area (Å²) in [7, 11) is 0. The third-order valence-electron chi connectivity index (χ3n) is 2.21. The lowest BCUT2D eigenvalue weighted by atomic mass is 10.3. The second-order valence-electron chi connectivity index (χ2n) is 3.55. The number of aryl methyl sites for hydroxylation is 1. The minimum absolute atomic E-state index is 0.681. The molecule has 0 bridgehead atoms. The molecule has 1 aromatic heterocycles. The number of aromatic nitrogens is 1. The Morgan fingerprint density at radius 1 is 1.43 bits per heavy atom. The normalized spacial score (nSPS) is 25.5. The highest BCUT2D eigenvalue weighted by Crippen LogP contribution is 2.26. The van der Waals surface area contributed by atoms with Crippen LogP contribution in [0.15, 0.2) is 34.3 Å². The van der Waals surface area contributed by atoms with E-state index in [9.17, 15) is 0 Å². The summed E-state index contributed by atoms with van der Waals surface area (Å²) in [6.07, 6.45) is 3.57. The van der Waals surface area contributed by atoms with E-state index in [0.29, 0.717) is 5.69 Å². The van der Waals surface area contributed by atoms with E-state index in [-0.39, 0.29) is 0 Å². The van der Waals surface area contributed by atoms with Crippen LogP contribution in [0.2, 0.25) is 0 Å². The monoisotopic (exact) mass is 191 g/mol. The van der Waals surface area contributed by atoms with Gasteiger partial charge in [0.25, 0.3) is 0 Å². The summed E-state index contributed by atoms with van der Waals surface area (Å²) in [6.45, 7) is 3.79. The van der Waals surface area contributed by atoms with E-state index in [1.807, 2.05) is 24.5 Å². The zero-order valence-electron chi connectivity index (χ0n) is 8.23. The summed E-state index contributed by atoms with van der Waals surface area (Å²) < 4.78 is 1.81. The number of nitrogen functional groups attached to an aromatic ring is 1. The summed E-state index contributed by atoms with van der Waals surface area (Å²) in [5, 5.41) is 7.93. The number of anilines is 1. The SMILES string of the molecule is CC1=CC(N)(n2cc(N)cc2C)N=N1. The maximum absolute atomic E-state index is 6.06. The molecule has 14 heavy (non-hydrogen) atoms. The molecule has 0 aliphatic carbocycles. The van der Waals surface area contributed by atoms with E-state index < -0.39 is 5.79 Å². The molecule has 0 fully saturated rings. The van der Waals surface area contributed by atoms with Crippen LogP contribution in [0.5, 0.6) is 0 Å². The van der Waals surface area contributed by atoms with Crippen molar-refractivity contribution >= 4 is 5.69 Å². The number of nitrogens with zero attached hydrogens (tertiary/aromatic N) is 3. The molecule has 4 N–H and O–H groups in total. The lowest BCUT2D eigenvalue weighted by Crippen LogP contribution is -2.37. The third kappa shape index (κ3) is 1.22. The number of azo groups is 1. The van der Waals surface area contributed by atoms with Crippen LogP contribution in [0.1, 0.15) is 12.6 Å². The van der Waals surface area contributed by atoms with Crippen molar-refractivity contribution in [3.8, 4) is 0 Å². The van der Waals surface area contributed by atoms with Gasteiger partial charge in [-0.05, 0) is 19.9 Å². The summed E-state index contributed by atoms with van der Waals surface area (Å²) in [4.78, 5) is 0. The van der Waals surface area contributed by atoms with E-state index in [4.69, 9.17) is 11.5 Å². The van der Waals surface area contributed by atoms with Gasteiger partial charge in [0.15, 0.2) is 0 Å². The molecule has 1 aromatic rings. The minimum Gasteiger partial charge on any atom is -0.397 e. The van der Waals surface area contributed by atoms with Gasteiger partial charge >= 0.3 is 0 Å². The molecule has 74 valence electrons. The van der Waals surface area contributed by atoms with Crippen molar-refractivity contribution in [2.75, 3.05) is 5.73 Å².